The molecule has 0 saturated heterocycles. The first kappa shape index (κ1) is 9.92. The Kier molecular flexibility index (Phi) is 3.33. The van der Waals surface area contributed by atoms with E-state index in [1.54, 1.807) is 0 Å². The fraction of sp³-hybridized carbons (Fsp3) is 0.750. The van der Waals surface area contributed by atoms with Gasteiger partial charge in [0.25, 0.3) is 0 Å². The van der Waals surface area contributed by atoms with Crippen LogP contribution in [0.1, 0.15) is 6.92 Å². The fourth-order valence-corrected chi connectivity index (χ4v) is 0.774. The number of hydrogen-bond acceptors (Lipinski definition) is 2. The second kappa shape index (κ2) is 3.35. The van der Waals surface area contributed by atoms with E-state index in [2.05, 4.69) is 13.8 Å². The summed E-state index contributed by atoms with van der Waals surface area (Å²) >= 11 is 0. The molecular weight excluding hydrogens is 124 g/mol. The molecule has 0 heterocycles. The van der Waals surface area contributed by atoms with E-state index in [0.29, 0.717) is 0 Å². The molecule has 0 aliphatic carbocycles. The lowest BCUT2D eigenvalue weighted by molar-refractivity contribution is 0.265. The first-order valence-corrected chi connectivity index (χ1v) is 3.47. The Labute approximate surface area is 64.4 Å². The standard InChI is InChI=1S/C8H18N2/c1-7(9)8(2,3)6-10(4)5/h7H,2-3,6,9H2,1,4-5H3. The smallest absolute Gasteiger partial charge is 0.00792 e. The summed E-state index contributed by atoms with van der Waals surface area (Å²) in [5.41, 5.74) is 5.39. The van der Waals surface area contributed by atoms with Gasteiger partial charge >= 0.3 is 0 Å². The molecule has 2 heteroatoms. The summed E-state index contributed by atoms with van der Waals surface area (Å²) in [5.74, 6) is 0. The minimum Gasteiger partial charge on any atom is -0.327 e. The molecule has 0 aliphatic heterocycles. The lowest BCUT2D eigenvalue weighted by Gasteiger charge is -2.31. The number of nitrogens with zero attached hydrogens (tertiary/aromatic N) is 1. The molecule has 0 aliphatic rings. The van der Waals surface area contributed by atoms with Gasteiger partial charge in [-0.05, 0) is 40.3 Å². The summed E-state index contributed by atoms with van der Waals surface area (Å²) in [4.78, 5) is 2.04. The molecule has 0 saturated carbocycles. The lowest BCUT2D eigenvalue weighted by Crippen LogP contribution is -2.42. The van der Waals surface area contributed by atoms with E-state index >= 15 is 0 Å². The molecule has 2 N–H and O–H groups in total. The quantitative estimate of drug-likeness (QED) is 0.623. The Bertz CT molecular complexity index is 95.4. The summed E-state index contributed by atoms with van der Waals surface area (Å²) in [6.45, 7) is 10.6. The Balaban J connectivity index is 3.87. The maximum absolute atomic E-state index is 5.67. The second-order valence-corrected chi connectivity index (χ2v) is 3.39. The average molecular weight is 142 g/mol. The molecular formula is C8H18N2. The van der Waals surface area contributed by atoms with Gasteiger partial charge in [0.05, 0.1) is 0 Å². The highest BCUT2D eigenvalue weighted by Crippen LogP contribution is 2.17. The van der Waals surface area contributed by atoms with Crippen LogP contribution in [0.3, 0.4) is 0 Å². The zero-order valence-electron chi connectivity index (χ0n) is 7.22. The summed E-state index contributed by atoms with van der Waals surface area (Å²) < 4.78 is 0. The molecule has 2 nitrogen and oxygen atoms in total. The van der Waals surface area contributed by atoms with Crippen LogP contribution < -0.4 is 5.73 Å². The zero-order valence-corrected chi connectivity index (χ0v) is 7.22. The molecule has 0 aromatic carbocycles. The highest BCUT2D eigenvalue weighted by Gasteiger charge is 2.23. The molecule has 0 bridgehead atoms. The normalized spacial score (nSPS) is 15.9. The molecule has 0 fully saturated rings. The highest BCUT2D eigenvalue weighted by atomic mass is 15.1. The van der Waals surface area contributed by atoms with Gasteiger partial charge in [-0.3, -0.25) is 0 Å². The minimum absolute atomic E-state index is 0.0369. The highest BCUT2D eigenvalue weighted by molar-refractivity contribution is 4.93. The summed E-state index contributed by atoms with van der Waals surface area (Å²) in [6.07, 6.45) is 0. The first-order chi connectivity index (χ1) is 4.36. The van der Waals surface area contributed by atoms with Crippen LogP contribution in [0.15, 0.2) is 0 Å². The van der Waals surface area contributed by atoms with Crippen molar-refractivity contribution in [1.29, 1.82) is 0 Å². The molecule has 10 heavy (non-hydrogen) atoms. The summed E-state index contributed by atoms with van der Waals surface area (Å²) in [5, 5.41) is 0. The van der Waals surface area contributed by atoms with E-state index in [1.165, 1.54) is 0 Å². The number of hydrogen-bond donors (Lipinski definition) is 1. The van der Waals surface area contributed by atoms with Gasteiger partial charge in [0, 0.05) is 12.6 Å². The van der Waals surface area contributed by atoms with Crippen molar-refractivity contribution in [1.82, 2.24) is 4.90 Å². The Hall–Kier alpha value is -0.0800. The van der Waals surface area contributed by atoms with E-state index in [-0.39, 0.29) is 11.5 Å². The van der Waals surface area contributed by atoms with Gasteiger partial charge < -0.3 is 10.6 Å². The van der Waals surface area contributed by atoms with Crippen molar-refractivity contribution in [3.05, 3.63) is 13.8 Å². The average Bonchev–Trinajstić information content (AvgIpc) is 1.60. The van der Waals surface area contributed by atoms with Crippen LogP contribution in [-0.4, -0.2) is 31.6 Å². The molecule has 2 radical (unpaired) electrons. The van der Waals surface area contributed by atoms with Crippen LogP contribution in [0.25, 0.3) is 0 Å². The Morgan fingerprint density at radius 3 is 2.00 bits per heavy atom. The van der Waals surface area contributed by atoms with Crippen molar-refractivity contribution in [3.8, 4) is 0 Å². The number of rotatable bonds is 3. The third kappa shape index (κ3) is 3.18. The van der Waals surface area contributed by atoms with Gasteiger partial charge in [0.15, 0.2) is 0 Å². The molecule has 0 amide bonds. The maximum Gasteiger partial charge on any atom is 0.00792 e. The van der Waals surface area contributed by atoms with Crippen LogP contribution in [0.4, 0.5) is 0 Å². The monoisotopic (exact) mass is 142 g/mol. The predicted octanol–water partition coefficient (Wildman–Crippen LogP) is 0.550. The third-order valence-corrected chi connectivity index (χ3v) is 1.60. The molecule has 1 unspecified atom stereocenters. The fourth-order valence-electron chi connectivity index (χ4n) is 0.774. The third-order valence-electron chi connectivity index (χ3n) is 1.60. The van der Waals surface area contributed by atoms with Gasteiger partial charge in [-0.15, -0.1) is 0 Å². The molecule has 0 aromatic rings. The summed E-state index contributed by atoms with van der Waals surface area (Å²) in [7, 11) is 3.99. The van der Waals surface area contributed by atoms with Crippen molar-refractivity contribution in [2.24, 2.45) is 11.1 Å². The Morgan fingerprint density at radius 2 is 1.90 bits per heavy atom. The van der Waals surface area contributed by atoms with Crippen molar-refractivity contribution in [2.75, 3.05) is 20.6 Å². The van der Waals surface area contributed by atoms with E-state index in [0.717, 1.165) is 6.54 Å². The first-order valence-electron chi connectivity index (χ1n) is 3.47. The largest absolute Gasteiger partial charge is 0.327 e. The van der Waals surface area contributed by atoms with Crippen LogP contribution in [0, 0.1) is 19.3 Å². The van der Waals surface area contributed by atoms with Crippen molar-refractivity contribution in [2.45, 2.75) is 13.0 Å². The molecule has 60 valence electrons. The maximum atomic E-state index is 5.67. The van der Waals surface area contributed by atoms with Crippen molar-refractivity contribution < 1.29 is 0 Å². The van der Waals surface area contributed by atoms with Crippen LogP contribution >= 0.6 is 0 Å². The molecule has 0 aromatic heterocycles. The minimum atomic E-state index is -0.274. The predicted molar refractivity (Wildman–Crippen MR) is 45.4 cm³/mol. The zero-order chi connectivity index (χ0) is 8.36. The van der Waals surface area contributed by atoms with Crippen LogP contribution in [0.5, 0.6) is 0 Å². The van der Waals surface area contributed by atoms with E-state index in [9.17, 15) is 0 Å². The van der Waals surface area contributed by atoms with Gasteiger partial charge in [0.2, 0.25) is 0 Å². The van der Waals surface area contributed by atoms with Crippen LogP contribution in [0.2, 0.25) is 0 Å². The summed E-state index contributed by atoms with van der Waals surface area (Å²) in [6, 6.07) is 0.0369. The molecule has 0 rings (SSSR count). The van der Waals surface area contributed by atoms with Gasteiger partial charge in [-0.25, -0.2) is 0 Å². The van der Waals surface area contributed by atoms with Gasteiger partial charge in [0.1, 0.15) is 0 Å². The van der Waals surface area contributed by atoms with Crippen LogP contribution in [-0.2, 0) is 0 Å². The van der Waals surface area contributed by atoms with Crippen molar-refractivity contribution in [3.63, 3.8) is 0 Å². The molecule has 1 atom stereocenters. The lowest BCUT2D eigenvalue weighted by atomic mass is 9.86. The van der Waals surface area contributed by atoms with Gasteiger partial charge in [-0.2, -0.15) is 0 Å². The van der Waals surface area contributed by atoms with E-state index < -0.39 is 0 Å². The number of nitrogens with two attached hydrogens (primary N) is 1. The van der Waals surface area contributed by atoms with Crippen molar-refractivity contribution >= 4 is 0 Å². The second-order valence-electron chi connectivity index (χ2n) is 3.39. The van der Waals surface area contributed by atoms with E-state index in [1.807, 2.05) is 25.9 Å². The van der Waals surface area contributed by atoms with E-state index in [4.69, 9.17) is 5.73 Å². The van der Waals surface area contributed by atoms with Gasteiger partial charge in [-0.1, -0.05) is 0 Å². The molecule has 0 spiro atoms. The Morgan fingerprint density at radius 1 is 1.50 bits per heavy atom. The topological polar surface area (TPSA) is 29.3 Å². The SMILES string of the molecule is [CH2]C([CH2])(CN(C)C)C(C)N.